The summed E-state index contributed by atoms with van der Waals surface area (Å²) in [5, 5.41) is 3.66. The van der Waals surface area contributed by atoms with E-state index in [9.17, 15) is 0 Å². The first kappa shape index (κ1) is 11.7. The summed E-state index contributed by atoms with van der Waals surface area (Å²) in [6.07, 6.45) is 10.7. The molecule has 1 atom stereocenters. The van der Waals surface area contributed by atoms with Crippen molar-refractivity contribution in [2.45, 2.75) is 63.5 Å². The van der Waals surface area contributed by atoms with E-state index in [2.05, 4.69) is 17.1 Å². The quantitative estimate of drug-likeness (QED) is 0.767. The number of hydrogen-bond acceptors (Lipinski definition) is 2. The zero-order valence-corrected chi connectivity index (χ0v) is 11.8. The van der Waals surface area contributed by atoms with E-state index in [4.69, 9.17) is 0 Å². The second-order valence-corrected chi connectivity index (χ2v) is 7.80. The predicted molar refractivity (Wildman–Crippen MR) is 74.6 cm³/mol. The highest BCUT2D eigenvalue weighted by Gasteiger charge is 2.53. The molecule has 18 heavy (non-hydrogen) atoms. The number of nitrogens with one attached hydrogen (secondary N) is 1. The van der Waals surface area contributed by atoms with Crippen molar-refractivity contribution in [2.75, 3.05) is 19.6 Å². The molecular formula is C16H28N2. The van der Waals surface area contributed by atoms with Gasteiger partial charge in [0.15, 0.2) is 0 Å². The molecule has 4 bridgehead atoms. The Morgan fingerprint density at radius 2 is 1.61 bits per heavy atom. The van der Waals surface area contributed by atoms with Crippen LogP contribution < -0.4 is 5.32 Å². The lowest BCUT2D eigenvalue weighted by atomic mass is 9.52. The van der Waals surface area contributed by atoms with E-state index in [1.807, 2.05) is 0 Å². The van der Waals surface area contributed by atoms with Gasteiger partial charge in [0.25, 0.3) is 0 Å². The van der Waals surface area contributed by atoms with Crippen LogP contribution in [0.25, 0.3) is 0 Å². The molecule has 1 aliphatic heterocycles. The zero-order valence-electron chi connectivity index (χ0n) is 11.8. The molecular weight excluding hydrogens is 220 g/mol. The third-order valence-corrected chi connectivity index (χ3v) is 6.27. The van der Waals surface area contributed by atoms with Gasteiger partial charge in [0.2, 0.25) is 0 Å². The minimum atomic E-state index is 0.634. The van der Waals surface area contributed by atoms with Crippen LogP contribution in [0.2, 0.25) is 0 Å². The van der Waals surface area contributed by atoms with E-state index in [-0.39, 0.29) is 0 Å². The fourth-order valence-electron chi connectivity index (χ4n) is 5.99. The first-order valence-corrected chi connectivity index (χ1v) is 8.22. The van der Waals surface area contributed by atoms with Crippen molar-refractivity contribution >= 4 is 0 Å². The van der Waals surface area contributed by atoms with E-state index >= 15 is 0 Å². The molecule has 1 N–H and O–H groups in total. The van der Waals surface area contributed by atoms with Crippen molar-refractivity contribution in [3.8, 4) is 0 Å². The highest BCUT2D eigenvalue weighted by Crippen LogP contribution is 2.57. The summed E-state index contributed by atoms with van der Waals surface area (Å²) in [7, 11) is 0. The lowest BCUT2D eigenvalue weighted by Crippen LogP contribution is -2.61. The topological polar surface area (TPSA) is 15.3 Å². The first-order valence-electron chi connectivity index (χ1n) is 8.22. The van der Waals surface area contributed by atoms with E-state index in [1.54, 1.807) is 19.3 Å². The summed E-state index contributed by atoms with van der Waals surface area (Å²) in [5.41, 5.74) is 0.634. The van der Waals surface area contributed by atoms with Crippen molar-refractivity contribution in [1.82, 2.24) is 10.2 Å². The van der Waals surface area contributed by atoms with Gasteiger partial charge < -0.3 is 5.32 Å². The lowest BCUT2D eigenvalue weighted by Gasteiger charge is -2.60. The standard InChI is InChI=1S/C16H28N2/c1-12-11-18(4-2-3-17-12)16-8-13-5-14(9-16)7-15(6-13)10-16/h12-15,17H,2-11H2,1H3. The van der Waals surface area contributed by atoms with Gasteiger partial charge in [-0.2, -0.15) is 0 Å². The molecule has 5 fully saturated rings. The molecule has 1 heterocycles. The van der Waals surface area contributed by atoms with E-state index in [0.29, 0.717) is 11.6 Å². The second-order valence-electron chi connectivity index (χ2n) is 7.80. The fraction of sp³-hybridized carbons (Fsp3) is 1.00. The minimum absolute atomic E-state index is 0.634. The minimum Gasteiger partial charge on any atom is -0.313 e. The Bertz CT molecular complexity index is 290. The molecule has 5 rings (SSSR count). The van der Waals surface area contributed by atoms with Crippen LogP contribution >= 0.6 is 0 Å². The largest absolute Gasteiger partial charge is 0.313 e. The summed E-state index contributed by atoms with van der Waals surface area (Å²) in [4.78, 5) is 2.92. The Kier molecular flexibility index (Phi) is 2.74. The van der Waals surface area contributed by atoms with Gasteiger partial charge in [-0.05, 0) is 82.7 Å². The van der Waals surface area contributed by atoms with Gasteiger partial charge in [-0.15, -0.1) is 0 Å². The molecule has 0 aromatic rings. The van der Waals surface area contributed by atoms with Gasteiger partial charge in [0.1, 0.15) is 0 Å². The molecule has 2 nitrogen and oxygen atoms in total. The predicted octanol–water partition coefficient (Wildman–Crippen LogP) is 2.64. The Labute approximate surface area is 111 Å². The van der Waals surface area contributed by atoms with Gasteiger partial charge in [0.05, 0.1) is 0 Å². The number of nitrogens with zero attached hydrogens (tertiary/aromatic N) is 1. The van der Waals surface area contributed by atoms with Crippen LogP contribution in [-0.4, -0.2) is 36.1 Å². The van der Waals surface area contributed by atoms with Crippen molar-refractivity contribution < 1.29 is 0 Å². The molecule has 0 aromatic heterocycles. The highest BCUT2D eigenvalue weighted by molar-refractivity contribution is 5.08. The van der Waals surface area contributed by atoms with Crippen LogP contribution in [0.5, 0.6) is 0 Å². The van der Waals surface area contributed by atoms with Crippen LogP contribution in [0.4, 0.5) is 0 Å². The van der Waals surface area contributed by atoms with Gasteiger partial charge in [-0.25, -0.2) is 0 Å². The Morgan fingerprint density at radius 3 is 2.22 bits per heavy atom. The molecule has 5 aliphatic rings. The monoisotopic (exact) mass is 248 g/mol. The second kappa shape index (κ2) is 4.21. The number of rotatable bonds is 1. The fourth-order valence-corrected chi connectivity index (χ4v) is 5.99. The molecule has 4 aliphatic carbocycles. The maximum atomic E-state index is 3.66. The van der Waals surface area contributed by atoms with Crippen LogP contribution in [-0.2, 0) is 0 Å². The van der Waals surface area contributed by atoms with Crippen LogP contribution in [0.1, 0.15) is 51.9 Å². The highest BCUT2D eigenvalue weighted by atomic mass is 15.2. The Balaban J connectivity index is 1.58. The maximum absolute atomic E-state index is 3.66. The maximum Gasteiger partial charge on any atom is 0.0218 e. The normalized spacial score (nSPS) is 52.5. The lowest BCUT2D eigenvalue weighted by molar-refractivity contribution is -0.0886. The zero-order chi connectivity index (χ0) is 12.2. The Hall–Kier alpha value is -0.0800. The van der Waals surface area contributed by atoms with Crippen molar-refractivity contribution in [3.05, 3.63) is 0 Å². The molecule has 2 heteroatoms. The van der Waals surface area contributed by atoms with Crippen molar-refractivity contribution in [2.24, 2.45) is 17.8 Å². The first-order chi connectivity index (χ1) is 8.73. The molecule has 0 radical (unpaired) electrons. The van der Waals surface area contributed by atoms with Gasteiger partial charge in [0, 0.05) is 18.1 Å². The van der Waals surface area contributed by atoms with Crippen LogP contribution in [0, 0.1) is 17.8 Å². The van der Waals surface area contributed by atoms with E-state index < -0.39 is 0 Å². The molecule has 1 unspecified atom stereocenters. The van der Waals surface area contributed by atoms with E-state index in [1.165, 1.54) is 45.3 Å². The van der Waals surface area contributed by atoms with Crippen LogP contribution in [0.3, 0.4) is 0 Å². The number of hydrogen-bond donors (Lipinski definition) is 1. The summed E-state index contributed by atoms with van der Waals surface area (Å²) in [6, 6.07) is 0.695. The molecule has 4 saturated carbocycles. The Morgan fingerprint density at radius 1 is 1.00 bits per heavy atom. The average molecular weight is 248 g/mol. The summed E-state index contributed by atoms with van der Waals surface area (Å²) >= 11 is 0. The third-order valence-electron chi connectivity index (χ3n) is 6.27. The molecule has 0 aromatic carbocycles. The SMILES string of the molecule is CC1CN(C23CC4CC(CC(C4)C2)C3)CCCN1. The molecule has 102 valence electrons. The van der Waals surface area contributed by atoms with Crippen molar-refractivity contribution in [1.29, 1.82) is 0 Å². The van der Waals surface area contributed by atoms with Crippen molar-refractivity contribution in [3.63, 3.8) is 0 Å². The summed E-state index contributed by atoms with van der Waals surface area (Å²) < 4.78 is 0. The summed E-state index contributed by atoms with van der Waals surface area (Å²) in [6.45, 7) is 6.25. The van der Waals surface area contributed by atoms with Gasteiger partial charge in [-0.1, -0.05) is 0 Å². The third kappa shape index (κ3) is 1.84. The summed E-state index contributed by atoms with van der Waals surface area (Å²) in [5.74, 6) is 3.26. The molecule has 0 amide bonds. The molecule has 1 saturated heterocycles. The van der Waals surface area contributed by atoms with Gasteiger partial charge >= 0.3 is 0 Å². The average Bonchev–Trinajstić information content (AvgIpc) is 2.52. The van der Waals surface area contributed by atoms with E-state index in [0.717, 1.165) is 17.8 Å². The molecule has 0 spiro atoms. The smallest absolute Gasteiger partial charge is 0.0218 e. The van der Waals surface area contributed by atoms with Gasteiger partial charge in [-0.3, -0.25) is 4.90 Å². The van der Waals surface area contributed by atoms with Crippen LogP contribution in [0.15, 0.2) is 0 Å².